The van der Waals surface area contributed by atoms with Gasteiger partial charge in [-0.2, -0.15) is 4.57 Å². The van der Waals surface area contributed by atoms with E-state index in [1.807, 2.05) is 18.2 Å². The molecule has 0 unspecified atom stereocenters. The number of aryl methyl sites for hydroxylation is 1. The highest BCUT2D eigenvalue weighted by molar-refractivity contribution is 7.85. The van der Waals surface area contributed by atoms with Crippen LogP contribution < -0.4 is 9.47 Å². The minimum absolute atomic E-state index is 0.322. The van der Waals surface area contributed by atoms with Gasteiger partial charge in [0.1, 0.15) is 6.54 Å². The Balaban J connectivity index is 1.72. The highest BCUT2D eigenvalue weighted by atomic mass is 32.2. The lowest BCUT2D eigenvalue weighted by Gasteiger charge is -2.29. The first-order valence-corrected chi connectivity index (χ1v) is 12.2. The molecule has 0 saturated heterocycles. The molecule has 6 heteroatoms. The molecule has 0 aliphatic carbocycles. The third kappa shape index (κ3) is 4.86. The lowest BCUT2D eigenvalue weighted by molar-refractivity contribution is -0.673. The topological polar surface area (TPSA) is 64.3 Å². The first-order valence-electron chi connectivity index (χ1n) is 10.6. The minimum Gasteiger partial charge on any atom is -0.748 e. The zero-order chi connectivity index (χ0) is 21.8. The second-order valence-corrected chi connectivity index (χ2v) is 9.17. The quantitative estimate of drug-likeness (QED) is 0.315. The number of para-hydroxylation sites is 2. The highest BCUT2D eigenvalue weighted by Gasteiger charge is 2.19. The van der Waals surface area contributed by atoms with Crippen LogP contribution in [0.5, 0.6) is 0 Å². The summed E-state index contributed by atoms with van der Waals surface area (Å²) in [6.07, 6.45) is 7.42. The van der Waals surface area contributed by atoms with Gasteiger partial charge in [0.15, 0.2) is 0 Å². The standard InChI is InChI=1S/C25H26N2O3S/c1-2-26-22(15-13-20-9-3-5-11-24(20)26)19-23-16-14-21-10-4-6-12-25(21)27(23)17-7-8-18-31(28,29)30/h3-6,9-16,19H,2,7-8,17-18H2,1H3. The molecule has 0 radical (unpaired) electrons. The van der Waals surface area contributed by atoms with Crippen molar-refractivity contribution in [2.24, 2.45) is 0 Å². The van der Waals surface area contributed by atoms with Crippen molar-refractivity contribution in [3.63, 3.8) is 0 Å². The molecule has 2 heterocycles. The predicted octanol–water partition coefficient (Wildman–Crippen LogP) is 4.35. The largest absolute Gasteiger partial charge is 0.748 e. The van der Waals surface area contributed by atoms with Crippen molar-refractivity contribution in [1.82, 2.24) is 0 Å². The maximum absolute atomic E-state index is 11.0. The van der Waals surface area contributed by atoms with Crippen LogP contribution in [0.25, 0.3) is 23.1 Å². The number of fused-ring (bicyclic) bond motifs is 2. The molecule has 1 aliphatic heterocycles. The summed E-state index contributed by atoms with van der Waals surface area (Å²) in [6, 6.07) is 20.7. The average Bonchev–Trinajstić information content (AvgIpc) is 2.76. The van der Waals surface area contributed by atoms with Crippen LogP contribution >= 0.6 is 0 Å². The van der Waals surface area contributed by atoms with Gasteiger partial charge in [0.25, 0.3) is 0 Å². The lowest BCUT2D eigenvalue weighted by atomic mass is 10.0. The maximum atomic E-state index is 11.0. The van der Waals surface area contributed by atoms with Crippen LogP contribution in [0.3, 0.4) is 0 Å². The molecule has 160 valence electrons. The van der Waals surface area contributed by atoms with E-state index in [4.69, 9.17) is 0 Å². The number of aromatic nitrogens is 1. The Hall–Kier alpha value is -2.96. The Bertz CT molecular complexity index is 1260. The molecule has 0 spiro atoms. The summed E-state index contributed by atoms with van der Waals surface area (Å²) in [4.78, 5) is 2.29. The third-order valence-electron chi connectivity index (χ3n) is 5.58. The van der Waals surface area contributed by atoms with Gasteiger partial charge in [-0.15, -0.1) is 0 Å². The Morgan fingerprint density at radius 2 is 1.74 bits per heavy atom. The maximum Gasteiger partial charge on any atom is 0.212 e. The van der Waals surface area contributed by atoms with Crippen LogP contribution in [0.4, 0.5) is 5.69 Å². The Kier molecular flexibility index (Phi) is 6.20. The first kappa shape index (κ1) is 21.3. The molecule has 0 atom stereocenters. The van der Waals surface area contributed by atoms with Crippen molar-refractivity contribution in [3.8, 4) is 0 Å². The SMILES string of the molecule is CCN1/C(=C/c2ccc3ccccc3[n+]2CCCCS(=O)(=O)[O-])C=Cc2ccccc21. The fourth-order valence-corrected chi connectivity index (χ4v) is 4.67. The fraction of sp³-hybridized carbons (Fsp3) is 0.240. The van der Waals surface area contributed by atoms with Gasteiger partial charge in [-0.05, 0) is 43.2 Å². The number of likely N-dealkylation sites (N-methyl/N-ethyl adjacent to an activating group) is 1. The Morgan fingerprint density at radius 3 is 2.55 bits per heavy atom. The number of rotatable bonds is 7. The summed E-state index contributed by atoms with van der Waals surface area (Å²) < 4.78 is 35.1. The van der Waals surface area contributed by atoms with Crippen LogP contribution in [0, 0.1) is 0 Å². The van der Waals surface area contributed by atoms with Crippen molar-refractivity contribution in [2.45, 2.75) is 26.3 Å². The molecular weight excluding hydrogens is 408 g/mol. The van der Waals surface area contributed by atoms with E-state index in [1.165, 1.54) is 11.3 Å². The number of benzene rings is 2. The van der Waals surface area contributed by atoms with Crippen LogP contribution in [-0.4, -0.2) is 25.3 Å². The van der Waals surface area contributed by atoms with E-state index >= 15 is 0 Å². The van der Waals surface area contributed by atoms with Gasteiger partial charge < -0.3 is 9.45 Å². The number of anilines is 1. The number of hydrogen-bond donors (Lipinski definition) is 0. The summed E-state index contributed by atoms with van der Waals surface area (Å²) >= 11 is 0. The van der Waals surface area contributed by atoms with E-state index < -0.39 is 10.1 Å². The van der Waals surface area contributed by atoms with Gasteiger partial charge in [-0.3, -0.25) is 0 Å². The van der Waals surface area contributed by atoms with Crippen molar-refractivity contribution < 1.29 is 17.5 Å². The van der Waals surface area contributed by atoms with Gasteiger partial charge in [0, 0.05) is 53.7 Å². The number of allylic oxidation sites excluding steroid dienone is 1. The summed E-state index contributed by atoms with van der Waals surface area (Å²) in [5.41, 5.74) is 5.62. The van der Waals surface area contributed by atoms with Gasteiger partial charge in [-0.1, -0.05) is 36.4 Å². The van der Waals surface area contributed by atoms with E-state index in [1.54, 1.807) is 0 Å². The zero-order valence-electron chi connectivity index (χ0n) is 17.6. The molecule has 0 fully saturated rings. The molecule has 5 nitrogen and oxygen atoms in total. The van der Waals surface area contributed by atoms with Crippen LogP contribution in [0.15, 0.2) is 72.4 Å². The zero-order valence-corrected chi connectivity index (χ0v) is 18.4. The number of nitrogens with zero attached hydrogens (tertiary/aromatic N) is 2. The third-order valence-corrected chi connectivity index (χ3v) is 6.37. The number of unbranched alkanes of at least 4 members (excludes halogenated alkanes) is 1. The summed E-state index contributed by atoms with van der Waals surface area (Å²) in [6.45, 7) is 3.63. The number of pyridine rings is 1. The van der Waals surface area contributed by atoms with E-state index in [-0.39, 0.29) is 5.75 Å². The van der Waals surface area contributed by atoms with Crippen LogP contribution in [0.1, 0.15) is 31.0 Å². The highest BCUT2D eigenvalue weighted by Crippen LogP contribution is 2.31. The van der Waals surface area contributed by atoms with Gasteiger partial charge >= 0.3 is 0 Å². The average molecular weight is 435 g/mol. The normalized spacial score (nSPS) is 14.9. The Labute approximate surface area is 183 Å². The van der Waals surface area contributed by atoms with Crippen molar-refractivity contribution in [3.05, 3.63) is 83.7 Å². The molecule has 3 aromatic rings. The van der Waals surface area contributed by atoms with Gasteiger partial charge in [0.05, 0.1) is 10.1 Å². The summed E-state index contributed by atoms with van der Waals surface area (Å²) in [5.74, 6) is -0.322. The van der Waals surface area contributed by atoms with E-state index in [2.05, 4.69) is 77.1 Å². The molecule has 31 heavy (non-hydrogen) atoms. The molecule has 1 aromatic heterocycles. The molecule has 0 bridgehead atoms. The summed E-state index contributed by atoms with van der Waals surface area (Å²) in [5, 5.41) is 1.12. The molecule has 0 saturated carbocycles. The monoisotopic (exact) mass is 434 g/mol. The number of hydrogen-bond acceptors (Lipinski definition) is 4. The van der Waals surface area contributed by atoms with E-state index in [9.17, 15) is 13.0 Å². The molecule has 0 N–H and O–H groups in total. The summed E-state index contributed by atoms with van der Waals surface area (Å²) in [7, 11) is -4.18. The van der Waals surface area contributed by atoms with Crippen molar-refractivity contribution in [2.75, 3.05) is 17.2 Å². The minimum atomic E-state index is -4.18. The lowest BCUT2D eigenvalue weighted by Crippen LogP contribution is -2.38. The van der Waals surface area contributed by atoms with Crippen LogP contribution in [-0.2, 0) is 16.7 Å². The fourth-order valence-electron chi connectivity index (χ4n) is 4.11. The molecule has 4 rings (SSSR count). The van der Waals surface area contributed by atoms with Crippen molar-refractivity contribution >= 4 is 38.9 Å². The smallest absolute Gasteiger partial charge is 0.212 e. The second-order valence-electron chi connectivity index (χ2n) is 7.64. The molecule has 1 aliphatic rings. The van der Waals surface area contributed by atoms with E-state index in [0.717, 1.165) is 28.8 Å². The second kappa shape index (κ2) is 9.04. The van der Waals surface area contributed by atoms with Gasteiger partial charge in [-0.25, -0.2) is 8.42 Å². The van der Waals surface area contributed by atoms with Crippen LogP contribution in [0.2, 0.25) is 0 Å². The first-order chi connectivity index (χ1) is 15.0. The Morgan fingerprint density at radius 1 is 0.968 bits per heavy atom. The van der Waals surface area contributed by atoms with Gasteiger partial charge in [0.2, 0.25) is 11.2 Å². The van der Waals surface area contributed by atoms with E-state index in [0.29, 0.717) is 19.4 Å². The predicted molar refractivity (Wildman–Crippen MR) is 124 cm³/mol. The van der Waals surface area contributed by atoms with Crippen molar-refractivity contribution in [1.29, 1.82) is 0 Å². The molecule has 2 aromatic carbocycles. The molecular formula is C25H26N2O3S. The molecule has 0 amide bonds.